The van der Waals surface area contributed by atoms with Crippen LogP contribution in [0.2, 0.25) is 0 Å². The zero-order valence-corrected chi connectivity index (χ0v) is 17.5. The van der Waals surface area contributed by atoms with Gasteiger partial charge in [-0.1, -0.05) is 95.1 Å². The minimum atomic E-state index is 1.04. The molecule has 0 aliphatic heterocycles. The van der Waals surface area contributed by atoms with Crippen molar-refractivity contribution in [2.75, 3.05) is 7.11 Å². The van der Waals surface area contributed by atoms with E-state index < -0.39 is 0 Å². The summed E-state index contributed by atoms with van der Waals surface area (Å²) in [6, 6.07) is 8.41. The number of rotatable bonds is 17. The van der Waals surface area contributed by atoms with Gasteiger partial charge in [-0.05, 0) is 50.2 Å². The van der Waals surface area contributed by atoms with Crippen LogP contribution in [0.15, 0.2) is 36.4 Å². The highest BCUT2D eigenvalue weighted by Gasteiger charge is 2.00. The molecule has 0 amide bonds. The lowest BCUT2D eigenvalue weighted by atomic mass is 10.0. The lowest BCUT2D eigenvalue weighted by Crippen LogP contribution is -1.92. The van der Waals surface area contributed by atoms with Crippen molar-refractivity contribution in [3.63, 3.8) is 0 Å². The Morgan fingerprint density at radius 1 is 0.692 bits per heavy atom. The summed E-state index contributed by atoms with van der Waals surface area (Å²) in [5.74, 6) is 1.04. The molecule has 1 aromatic carbocycles. The lowest BCUT2D eigenvalue weighted by Gasteiger charge is -2.07. The molecule has 0 atom stereocenters. The summed E-state index contributed by atoms with van der Waals surface area (Å²) in [4.78, 5) is 0. The van der Waals surface area contributed by atoms with Crippen LogP contribution in [0.4, 0.5) is 0 Å². The zero-order chi connectivity index (χ0) is 18.7. The van der Waals surface area contributed by atoms with Crippen molar-refractivity contribution < 1.29 is 4.74 Å². The van der Waals surface area contributed by atoms with E-state index in [0.29, 0.717) is 0 Å². The molecule has 0 heterocycles. The summed E-state index contributed by atoms with van der Waals surface area (Å²) in [6.07, 6.45) is 25.1. The second kappa shape index (κ2) is 17.2. The van der Waals surface area contributed by atoms with Gasteiger partial charge in [-0.2, -0.15) is 0 Å². The Kier molecular flexibility index (Phi) is 15.1. The van der Waals surface area contributed by atoms with Gasteiger partial charge in [0, 0.05) is 0 Å². The van der Waals surface area contributed by atoms with Gasteiger partial charge in [0.1, 0.15) is 5.75 Å². The van der Waals surface area contributed by atoms with Gasteiger partial charge in [-0.25, -0.2) is 0 Å². The number of para-hydroxylation sites is 1. The lowest BCUT2D eigenvalue weighted by molar-refractivity contribution is 0.408. The smallest absolute Gasteiger partial charge is 0.122 e. The molecular weight excluding hydrogens is 316 g/mol. The number of unbranched alkanes of at least 4 members (excludes halogenated alkanes) is 12. The molecule has 0 fully saturated rings. The first-order valence-electron chi connectivity index (χ1n) is 11.2. The van der Waals surface area contributed by atoms with Gasteiger partial charge in [0.2, 0.25) is 0 Å². The number of methoxy groups -OCH3 is 1. The Balaban J connectivity index is 1.85. The molecular formula is C25H42O. The van der Waals surface area contributed by atoms with Gasteiger partial charge in [0.15, 0.2) is 0 Å². The highest BCUT2D eigenvalue weighted by molar-refractivity contribution is 5.33. The predicted octanol–water partition coefficient (Wildman–Crippen LogP) is 8.28. The number of aryl methyl sites for hydroxylation is 1. The van der Waals surface area contributed by atoms with Crippen molar-refractivity contribution in [1.29, 1.82) is 0 Å². The molecule has 148 valence electrons. The molecule has 0 radical (unpaired) electrons. The fourth-order valence-corrected chi connectivity index (χ4v) is 3.47. The average Bonchev–Trinajstić information content (AvgIpc) is 2.68. The summed E-state index contributed by atoms with van der Waals surface area (Å²) in [5, 5.41) is 0. The van der Waals surface area contributed by atoms with Gasteiger partial charge in [-0.3, -0.25) is 0 Å². The second-order valence-corrected chi connectivity index (χ2v) is 7.50. The highest BCUT2D eigenvalue weighted by Crippen LogP contribution is 2.20. The number of allylic oxidation sites excluding steroid dienone is 2. The summed E-state index contributed by atoms with van der Waals surface area (Å²) in [7, 11) is 1.76. The van der Waals surface area contributed by atoms with E-state index in [1.807, 2.05) is 6.07 Å². The molecule has 1 heteroatoms. The van der Waals surface area contributed by atoms with Crippen LogP contribution >= 0.6 is 0 Å². The third-order valence-corrected chi connectivity index (χ3v) is 5.15. The zero-order valence-electron chi connectivity index (χ0n) is 17.5. The van der Waals surface area contributed by atoms with Crippen LogP contribution in [-0.2, 0) is 6.42 Å². The predicted molar refractivity (Wildman–Crippen MR) is 116 cm³/mol. The molecule has 0 spiro atoms. The maximum absolute atomic E-state index is 5.42. The van der Waals surface area contributed by atoms with Crippen LogP contribution in [0.3, 0.4) is 0 Å². The monoisotopic (exact) mass is 358 g/mol. The molecule has 1 nitrogen and oxygen atoms in total. The van der Waals surface area contributed by atoms with Crippen molar-refractivity contribution in [2.45, 2.75) is 103 Å². The van der Waals surface area contributed by atoms with E-state index in [2.05, 4.69) is 37.3 Å². The molecule has 26 heavy (non-hydrogen) atoms. The Morgan fingerprint density at radius 2 is 1.23 bits per heavy atom. The Hall–Kier alpha value is -1.24. The molecule has 0 aliphatic carbocycles. The van der Waals surface area contributed by atoms with Gasteiger partial charge in [0.25, 0.3) is 0 Å². The highest BCUT2D eigenvalue weighted by atomic mass is 16.5. The van der Waals surface area contributed by atoms with Crippen molar-refractivity contribution >= 4 is 0 Å². The van der Waals surface area contributed by atoms with Crippen molar-refractivity contribution in [2.24, 2.45) is 0 Å². The molecule has 0 aliphatic rings. The maximum Gasteiger partial charge on any atom is 0.122 e. The van der Waals surface area contributed by atoms with Gasteiger partial charge in [-0.15, -0.1) is 0 Å². The van der Waals surface area contributed by atoms with Crippen molar-refractivity contribution in [3.8, 4) is 5.75 Å². The Bertz CT molecular complexity index is 449. The van der Waals surface area contributed by atoms with Crippen molar-refractivity contribution in [1.82, 2.24) is 0 Å². The summed E-state index contributed by atoms with van der Waals surface area (Å²) < 4.78 is 5.42. The van der Waals surface area contributed by atoms with E-state index in [0.717, 1.165) is 12.2 Å². The maximum atomic E-state index is 5.42. The number of ether oxygens (including phenoxy) is 1. The number of hydrogen-bond donors (Lipinski definition) is 0. The van der Waals surface area contributed by atoms with E-state index in [1.54, 1.807) is 7.11 Å². The first-order valence-corrected chi connectivity index (χ1v) is 11.2. The molecule has 0 N–H and O–H groups in total. The number of hydrogen-bond acceptors (Lipinski definition) is 1. The van der Waals surface area contributed by atoms with Crippen LogP contribution in [0, 0.1) is 0 Å². The number of benzene rings is 1. The summed E-state index contributed by atoms with van der Waals surface area (Å²) >= 11 is 0. The van der Waals surface area contributed by atoms with E-state index in [-0.39, 0.29) is 0 Å². The van der Waals surface area contributed by atoms with Gasteiger partial charge < -0.3 is 4.74 Å². The molecule has 1 aromatic rings. The third-order valence-electron chi connectivity index (χ3n) is 5.15. The van der Waals surface area contributed by atoms with Crippen molar-refractivity contribution in [3.05, 3.63) is 42.0 Å². The average molecular weight is 359 g/mol. The van der Waals surface area contributed by atoms with Gasteiger partial charge in [0.05, 0.1) is 7.11 Å². The molecule has 0 aromatic heterocycles. The quantitative estimate of drug-likeness (QED) is 0.201. The Labute approximate surface area is 163 Å². The molecule has 0 saturated carbocycles. The summed E-state index contributed by atoms with van der Waals surface area (Å²) in [6.45, 7) is 2.28. The van der Waals surface area contributed by atoms with Crippen LogP contribution < -0.4 is 4.74 Å². The largest absolute Gasteiger partial charge is 0.496 e. The SMILES string of the molecule is CCCCCCCC/C=C\CCCCCCCCc1ccccc1OC. The standard InChI is InChI=1S/C25H42O/c1-3-4-5-6-7-8-9-10-11-12-13-14-15-16-17-18-21-24-22-19-20-23-25(24)26-2/h10-11,19-20,22-23H,3-9,12-18,21H2,1-2H3/b11-10-. The van der Waals surface area contributed by atoms with Crippen LogP contribution in [0.5, 0.6) is 5.75 Å². The van der Waals surface area contributed by atoms with Gasteiger partial charge >= 0.3 is 0 Å². The van der Waals surface area contributed by atoms with E-state index in [1.165, 1.54) is 95.5 Å². The van der Waals surface area contributed by atoms with E-state index in [9.17, 15) is 0 Å². The minimum Gasteiger partial charge on any atom is -0.496 e. The molecule has 0 saturated heterocycles. The molecule has 1 rings (SSSR count). The second-order valence-electron chi connectivity index (χ2n) is 7.50. The summed E-state index contributed by atoms with van der Waals surface area (Å²) in [5.41, 5.74) is 1.35. The molecule has 0 bridgehead atoms. The van der Waals surface area contributed by atoms with Crippen LogP contribution in [-0.4, -0.2) is 7.11 Å². The van der Waals surface area contributed by atoms with E-state index >= 15 is 0 Å². The van der Waals surface area contributed by atoms with Crippen LogP contribution in [0.25, 0.3) is 0 Å². The first kappa shape index (κ1) is 22.8. The fourth-order valence-electron chi connectivity index (χ4n) is 3.47. The fraction of sp³-hybridized carbons (Fsp3) is 0.680. The first-order chi connectivity index (χ1) is 12.9. The van der Waals surface area contributed by atoms with Crippen LogP contribution in [0.1, 0.15) is 102 Å². The molecule has 0 unspecified atom stereocenters. The topological polar surface area (TPSA) is 9.23 Å². The van der Waals surface area contributed by atoms with E-state index in [4.69, 9.17) is 4.74 Å². The normalized spacial score (nSPS) is 11.3. The minimum absolute atomic E-state index is 1.04. The third kappa shape index (κ3) is 12.2. The Morgan fingerprint density at radius 3 is 1.85 bits per heavy atom.